The molecule has 0 saturated carbocycles. The monoisotopic (exact) mass is 350 g/mol. The number of hydrogen-bond donors (Lipinski definition) is 0. The molecule has 0 aromatic rings. The van der Waals surface area contributed by atoms with E-state index < -0.39 is 11.1 Å². The predicted octanol–water partition coefficient (Wildman–Crippen LogP) is 5.71. The summed E-state index contributed by atoms with van der Waals surface area (Å²) in [5, 5.41) is 0. The molecule has 144 valence electrons. The zero-order valence-corrected chi connectivity index (χ0v) is 18.4. The van der Waals surface area contributed by atoms with Crippen LogP contribution in [0.4, 0.5) is 0 Å². The molecule has 0 amide bonds. The molecule has 25 heavy (non-hydrogen) atoms. The van der Waals surface area contributed by atoms with Gasteiger partial charge in [0.1, 0.15) is 0 Å². The van der Waals surface area contributed by atoms with Crippen molar-refractivity contribution in [3.8, 4) is 0 Å². The van der Waals surface area contributed by atoms with Crippen LogP contribution in [0.2, 0.25) is 0 Å². The third-order valence-electron chi connectivity index (χ3n) is 5.95. The maximum absolute atomic E-state index is 11.5. The summed E-state index contributed by atoms with van der Waals surface area (Å²) in [6.07, 6.45) is 4.11. The lowest BCUT2D eigenvalue weighted by molar-refractivity contribution is -0.0342. The van der Waals surface area contributed by atoms with Crippen molar-refractivity contribution in [1.82, 2.24) is 0 Å². The van der Waals surface area contributed by atoms with E-state index in [1.165, 1.54) is 0 Å². The van der Waals surface area contributed by atoms with Gasteiger partial charge in [-0.2, -0.15) is 9.98 Å². The lowest BCUT2D eigenvalue weighted by Crippen LogP contribution is -2.62. The fourth-order valence-corrected chi connectivity index (χ4v) is 4.59. The highest BCUT2D eigenvalue weighted by Crippen LogP contribution is 2.59. The summed E-state index contributed by atoms with van der Waals surface area (Å²) in [7, 11) is 0. The molecule has 0 fully saturated rings. The van der Waals surface area contributed by atoms with Gasteiger partial charge in [0.15, 0.2) is 0 Å². The highest BCUT2D eigenvalue weighted by Gasteiger charge is 2.61. The van der Waals surface area contributed by atoms with Gasteiger partial charge in [-0.15, -0.1) is 0 Å². The summed E-state index contributed by atoms with van der Waals surface area (Å²) in [6.45, 7) is 25.0. The standard InChI is InChI=1S/C21H38N2O2/c1-16(2,3)20(22-14-24,17(4,5)6)13-21(23-15-25,18(7,8)9)19(10,11)12/h13H2,1-12H3. The molecule has 0 heterocycles. The predicted molar refractivity (Wildman–Crippen MR) is 104 cm³/mol. The van der Waals surface area contributed by atoms with Crippen molar-refractivity contribution in [2.75, 3.05) is 0 Å². The maximum atomic E-state index is 11.5. The van der Waals surface area contributed by atoms with Gasteiger partial charge in [-0.05, 0) is 21.7 Å². The van der Waals surface area contributed by atoms with E-state index in [0.717, 1.165) is 0 Å². The Morgan fingerprint density at radius 3 is 0.840 bits per heavy atom. The van der Waals surface area contributed by atoms with E-state index in [-0.39, 0.29) is 21.7 Å². The zero-order chi connectivity index (χ0) is 20.5. The molecule has 0 aliphatic carbocycles. The van der Waals surface area contributed by atoms with Crippen LogP contribution in [0.3, 0.4) is 0 Å². The van der Waals surface area contributed by atoms with E-state index >= 15 is 0 Å². The molecule has 0 aliphatic rings. The third kappa shape index (κ3) is 4.13. The Balaban J connectivity index is 7.09. The Bertz CT molecular complexity index is 485. The van der Waals surface area contributed by atoms with Gasteiger partial charge in [0.2, 0.25) is 12.2 Å². The van der Waals surface area contributed by atoms with Crippen molar-refractivity contribution in [2.45, 2.75) is 101 Å². The zero-order valence-electron chi connectivity index (χ0n) is 18.4. The second-order valence-corrected chi connectivity index (χ2v) is 11.3. The number of hydrogen-bond acceptors (Lipinski definition) is 4. The summed E-state index contributed by atoms with van der Waals surface area (Å²) in [5.41, 5.74) is -2.82. The van der Waals surface area contributed by atoms with Gasteiger partial charge in [-0.25, -0.2) is 9.59 Å². The van der Waals surface area contributed by atoms with Crippen molar-refractivity contribution in [1.29, 1.82) is 0 Å². The molecular weight excluding hydrogens is 312 g/mol. The summed E-state index contributed by atoms with van der Waals surface area (Å²) in [5.74, 6) is 0. The molecule has 0 aliphatic heterocycles. The first-order chi connectivity index (χ1) is 10.8. The van der Waals surface area contributed by atoms with Crippen LogP contribution in [0.1, 0.15) is 89.5 Å². The largest absolute Gasteiger partial charge is 0.235 e. The first-order valence-corrected chi connectivity index (χ1v) is 9.01. The molecule has 0 N–H and O–H groups in total. The number of nitrogens with zero attached hydrogens (tertiary/aromatic N) is 2. The lowest BCUT2D eigenvalue weighted by atomic mass is 9.49. The van der Waals surface area contributed by atoms with Crippen LogP contribution >= 0.6 is 0 Å². The fraction of sp³-hybridized carbons (Fsp3) is 0.905. The van der Waals surface area contributed by atoms with Crippen LogP contribution in [-0.2, 0) is 9.59 Å². The molecule has 0 unspecified atom stereocenters. The fourth-order valence-electron chi connectivity index (χ4n) is 4.59. The van der Waals surface area contributed by atoms with Crippen molar-refractivity contribution in [3.63, 3.8) is 0 Å². The summed E-state index contributed by atoms with van der Waals surface area (Å²) >= 11 is 0. The number of rotatable bonds is 4. The van der Waals surface area contributed by atoms with E-state index in [9.17, 15) is 9.59 Å². The lowest BCUT2D eigenvalue weighted by Gasteiger charge is -2.58. The van der Waals surface area contributed by atoms with Gasteiger partial charge in [-0.1, -0.05) is 83.1 Å². The minimum atomic E-state index is -0.747. The van der Waals surface area contributed by atoms with Gasteiger partial charge < -0.3 is 0 Å². The Hall–Kier alpha value is -1.24. The minimum absolute atomic E-state index is 0.331. The highest BCUT2D eigenvalue weighted by atomic mass is 16.1. The molecule has 0 bridgehead atoms. The van der Waals surface area contributed by atoms with Gasteiger partial charge in [0.05, 0.1) is 11.1 Å². The van der Waals surface area contributed by atoms with Crippen LogP contribution in [0.15, 0.2) is 9.98 Å². The normalized spacial score (nSPS) is 14.6. The molecule has 0 aromatic carbocycles. The first-order valence-electron chi connectivity index (χ1n) is 9.01. The minimum Gasteiger partial charge on any atom is -0.211 e. The SMILES string of the molecule is CC(C)(C)C(CC(N=C=O)(C(C)(C)C)C(C)(C)C)(N=C=O)C(C)(C)C. The van der Waals surface area contributed by atoms with Crippen LogP contribution < -0.4 is 0 Å². The Morgan fingerprint density at radius 2 is 0.720 bits per heavy atom. The molecule has 4 nitrogen and oxygen atoms in total. The van der Waals surface area contributed by atoms with Gasteiger partial charge in [-0.3, -0.25) is 0 Å². The molecule has 0 aromatic heterocycles. The van der Waals surface area contributed by atoms with E-state index in [4.69, 9.17) is 0 Å². The third-order valence-corrected chi connectivity index (χ3v) is 5.95. The molecule has 4 heteroatoms. The van der Waals surface area contributed by atoms with Crippen LogP contribution in [-0.4, -0.2) is 23.2 Å². The van der Waals surface area contributed by atoms with Crippen molar-refractivity contribution in [2.24, 2.45) is 31.6 Å². The quantitative estimate of drug-likeness (QED) is 0.481. The second kappa shape index (κ2) is 6.82. The Morgan fingerprint density at radius 1 is 0.520 bits per heavy atom. The number of aliphatic imine (C=N–C) groups is 2. The van der Waals surface area contributed by atoms with E-state index in [1.807, 2.05) is 12.2 Å². The number of isocyanates is 2. The highest BCUT2D eigenvalue weighted by molar-refractivity contribution is 5.39. The van der Waals surface area contributed by atoms with E-state index in [1.54, 1.807) is 0 Å². The summed E-state index contributed by atoms with van der Waals surface area (Å²) < 4.78 is 0. The Labute approximate surface area is 154 Å². The van der Waals surface area contributed by atoms with Gasteiger partial charge in [0, 0.05) is 6.42 Å². The molecular formula is C21H38N2O2. The van der Waals surface area contributed by atoms with E-state index in [0.29, 0.717) is 6.42 Å². The first kappa shape index (κ1) is 23.8. The number of carbonyl (C=O) groups excluding carboxylic acids is 2. The molecule has 0 radical (unpaired) electrons. The average molecular weight is 351 g/mol. The molecule has 0 spiro atoms. The van der Waals surface area contributed by atoms with Gasteiger partial charge in [0.25, 0.3) is 0 Å². The van der Waals surface area contributed by atoms with Crippen LogP contribution in [0.5, 0.6) is 0 Å². The molecule has 0 saturated heterocycles. The summed E-state index contributed by atoms with van der Waals surface area (Å²) in [6, 6.07) is 0. The average Bonchev–Trinajstić information content (AvgIpc) is 2.31. The van der Waals surface area contributed by atoms with Crippen LogP contribution in [0.25, 0.3) is 0 Å². The maximum Gasteiger partial charge on any atom is 0.235 e. The second-order valence-electron chi connectivity index (χ2n) is 11.3. The van der Waals surface area contributed by atoms with Crippen LogP contribution in [0, 0.1) is 21.7 Å². The Kier molecular flexibility index (Phi) is 6.48. The molecule has 0 atom stereocenters. The van der Waals surface area contributed by atoms with Crippen molar-refractivity contribution in [3.05, 3.63) is 0 Å². The molecule has 0 rings (SSSR count). The van der Waals surface area contributed by atoms with Gasteiger partial charge >= 0.3 is 0 Å². The van der Waals surface area contributed by atoms with E-state index in [2.05, 4.69) is 93.1 Å². The van der Waals surface area contributed by atoms with Crippen molar-refractivity contribution >= 4 is 12.2 Å². The topological polar surface area (TPSA) is 58.9 Å². The smallest absolute Gasteiger partial charge is 0.211 e. The van der Waals surface area contributed by atoms with Crippen molar-refractivity contribution < 1.29 is 9.59 Å². The summed E-state index contributed by atoms with van der Waals surface area (Å²) in [4.78, 5) is 31.7.